The smallest absolute Gasteiger partial charge is 0.220 e. The second-order valence-corrected chi connectivity index (χ2v) is 3.77. The molecule has 1 aromatic rings. The average molecular weight is 208 g/mol. The highest BCUT2D eigenvalue weighted by atomic mass is 19.1. The van der Waals surface area contributed by atoms with Crippen molar-refractivity contribution in [1.29, 1.82) is 0 Å². The molecule has 0 aliphatic carbocycles. The van der Waals surface area contributed by atoms with E-state index < -0.39 is 6.04 Å². The third kappa shape index (κ3) is 1.99. The van der Waals surface area contributed by atoms with Crippen LogP contribution in [-0.2, 0) is 4.79 Å². The van der Waals surface area contributed by atoms with Crippen molar-refractivity contribution in [3.8, 4) is 0 Å². The number of amides is 1. The van der Waals surface area contributed by atoms with Gasteiger partial charge in [0.25, 0.3) is 0 Å². The number of carbonyl (C=O) groups is 1. The molecule has 1 heterocycles. The lowest BCUT2D eigenvalue weighted by Gasteiger charge is -2.30. The molecular formula is C11H13FN2O. The molecule has 1 aliphatic rings. The molecule has 0 bridgehead atoms. The van der Waals surface area contributed by atoms with Crippen molar-refractivity contribution in [1.82, 2.24) is 5.32 Å². The Hall–Kier alpha value is -1.42. The summed E-state index contributed by atoms with van der Waals surface area (Å²) in [5, 5.41) is 2.72. The molecule has 0 spiro atoms. The van der Waals surface area contributed by atoms with Crippen LogP contribution in [-0.4, -0.2) is 11.9 Å². The molecular weight excluding hydrogens is 195 g/mol. The van der Waals surface area contributed by atoms with E-state index in [0.717, 1.165) is 0 Å². The highest BCUT2D eigenvalue weighted by Gasteiger charge is 2.28. The highest BCUT2D eigenvalue weighted by Crippen LogP contribution is 2.24. The van der Waals surface area contributed by atoms with E-state index in [4.69, 9.17) is 5.73 Å². The number of halogens is 1. The summed E-state index contributed by atoms with van der Waals surface area (Å²) in [4.78, 5) is 11.2. The zero-order chi connectivity index (χ0) is 10.8. The quantitative estimate of drug-likeness (QED) is 0.726. The maximum absolute atomic E-state index is 13.5. The van der Waals surface area contributed by atoms with E-state index in [-0.39, 0.29) is 17.8 Å². The van der Waals surface area contributed by atoms with Crippen molar-refractivity contribution in [2.24, 2.45) is 5.73 Å². The third-order valence-electron chi connectivity index (χ3n) is 2.69. The van der Waals surface area contributed by atoms with Gasteiger partial charge in [-0.1, -0.05) is 18.2 Å². The topological polar surface area (TPSA) is 55.1 Å². The Labute approximate surface area is 87.5 Å². The lowest BCUT2D eigenvalue weighted by atomic mass is 9.92. The van der Waals surface area contributed by atoms with Crippen LogP contribution < -0.4 is 11.1 Å². The summed E-state index contributed by atoms with van der Waals surface area (Å²) in [7, 11) is 0. The molecule has 2 atom stereocenters. The molecule has 0 aromatic heterocycles. The first kappa shape index (κ1) is 10.1. The van der Waals surface area contributed by atoms with Crippen LogP contribution in [0.5, 0.6) is 0 Å². The number of rotatable bonds is 1. The highest BCUT2D eigenvalue weighted by molar-refractivity contribution is 5.77. The van der Waals surface area contributed by atoms with E-state index in [2.05, 4.69) is 5.32 Å². The minimum absolute atomic E-state index is 0.0649. The maximum Gasteiger partial charge on any atom is 0.220 e. The number of piperidine rings is 1. The zero-order valence-electron chi connectivity index (χ0n) is 8.24. The van der Waals surface area contributed by atoms with E-state index in [1.807, 2.05) is 0 Å². The molecule has 0 radical (unpaired) electrons. The lowest BCUT2D eigenvalue weighted by Crippen LogP contribution is -2.46. The van der Waals surface area contributed by atoms with Gasteiger partial charge in [0.05, 0.1) is 6.04 Å². The number of hydrogen-bond donors (Lipinski definition) is 2. The summed E-state index contributed by atoms with van der Waals surface area (Å²) in [6.45, 7) is 0. The Morgan fingerprint density at radius 2 is 2.13 bits per heavy atom. The largest absolute Gasteiger partial charge is 0.348 e. The van der Waals surface area contributed by atoms with Gasteiger partial charge in [0, 0.05) is 18.0 Å². The molecule has 1 saturated heterocycles. The van der Waals surface area contributed by atoms with Gasteiger partial charge in [0.1, 0.15) is 5.82 Å². The van der Waals surface area contributed by atoms with Crippen LogP contribution in [0, 0.1) is 5.82 Å². The van der Waals surface area contributed by atoms with Gasteiger partial charge >= 0.3 is 0 Å². The molecule has 4 heteroatoms. The minimum Gasteiger partial charge on any atom is -0.348 e. The fraction of sp³-hybridized carbons (Fsp3) is 0.364. The molecule has 0 unspecified atom stereocenters. The first-order chi connectivity index (χ1) is 7.18. The van der Waals surface area contributed by atoms with E-state index in [9.17, 15) is 9.18 Å². The van der Waals surface area contributed by atoms with Crippen LogP contribution in [0.2, 0.25) is 0 Å². The predicted octanol–water partition coefficient (Wildman–Crippen LogP) is 1.10. The first-order valence-corrected chi connectivity index (χ1v) is 4.98. The fourth-order valence-corrected chi connectivity index (χ4v) is 1.85. The molecule has 2 rings (SSSR count). The SMILES string of the molecule is N[C@@H]1CCC(=O)N[C@H]1c1ccccc1F. The standard InChI is InChI=1S/C11H13FN2O/c12-8-4-2-1-3-7(8)11-9(13)5-6-10(15)14-11/h1-4,9,11H,5-6,13H2,(H,14,15)/t9-,11+/m1/s1. The lowest BCUT2D eigenvalue weighted by molar-refractivity contribution is -0.123. The van der Waals surface area contributed by atoms with Gasteiger partial charge in [-0.05, 0) is 12.5 Å². The summed E-state index contributed by atoms with van der Waals surface area (Å²) in [5.41, 5.74) is 6.33. The third-order valence-corrected chi connectivity index (χ3v) is 2.69. The number of nitrogens with one attached hydrogen (secondary N) is 1. The summed E-state index contributed by atoms with van der Waals surface area (Å²) in [6.07, 6.45) is 1.02. The van der Waals surface area contributed by atoms with Crippen LogP contribution >= 0.6 is 0 Å². The zero-order valence-corrected chi connectivity index (χ0v) is 8.24. The van der Waals surface area contributed by atoms with Crippen LogP contribution in [0.1, 0.15) is 24.4 Å². The van der Waals surface area contributed by atoms with Crippen LogP contribution in [0.3, 0.4) is 0 Å². The number of hydrogen-bond acceptors (Lipinski definition) is 2. The molecule has 3 nitrogen and oxygen atoms in total. The van der Waals surface area contributed by atoms with E-state index >= 15 is 0 Å². The van der Waals surface area contributed by atoms with E-state index in [0.29, 0.717) is 18.4 Å². The van der Waals surface area contributed by atoms with Crippen molar-refractivity contribution in [3.63, 3.8) is 0 Å². The Balaban J connectivity index is 2.29. The van der Waals surface area contributed by atoms with Crippen molar-refractivity contribution in [3.05, 3.63) is 35.6 Å². The second-order valence-electron chi connectivity index (χ2n) is 3.77. The average Bonchev–Trinajstić information content (AvgIpc) is 2.23. The predicted molar refractivity (Wildman–Crippen MR) is 54.5 cm³/mol. The molecule has 15 heavy (non-hydrogen) atoms. The van der Waals surface area contributed by atoms with Gasteiger partial charge in [-0.3, -0.25) is 4.79 Å². The molecule has 1 aliphatic heterocycles. The van der Waals surface area contributed by atoms with Crippen molar-refractivity contribution in [2.75, 3.05) is 0 Å². The van der Waals surface area contributed by atoms with Gasteiger partial charge in [0.2, 0.25) is 5.91 Å². The summed E-state index contributed by atoms with van der Waals surface area (Å²) in [6, 6.07) is 5.79. The minimum atomic E-state index is -0.396. The molecule has 1 aromatic carbocycles. The molecule has 80 valence electrons. The molecule has 1 fully saturated rings. The molecule has 3 N–H and O–H groups in total. The second kappa shape index (κ2) is 3.98. The Bertz CT molecular complexity index is 381. The maximum atomic E-state index is 13.5. The summed E-state index contributed by atoms with van der Waals surface area (Å²) < 4.78 is 13.5. The van der Waals surface area contributed by atoms with Crippen molar-refractivity contribution in [2.45, 2.75) is 24.9 Å². The summed E-state index contributed by atoms with van der Waals surface area (Å²) >= 11 is 0. The van der Waals surface area contributed by atoms with Crippen LogP contribution in [0.25, 0.3) is 0 Å². The van der Waals surface area contributed by atoms with Crippen molar-refractivity contribution < 1.29 is 9.18 Å². The van der Waals surface area contributed by atoms with E-state index in [1.54, 1.807) is 18.2 Å². The molecule has 1 amide bonds. The van der Waals surface area contributed by atoms with Gasteiger partial charge in [-0.15, -0.1) is 0 Å². The van der Waals surface area contributed by atoms with Gasteiger partial charge < -0.3 is 11.1 Å². The summed E-state index contributed by atoms with van der Waals surface area (Å²) in [5.74, 6) is -0.384. The van der Waals surface area contributed by atoms with Crippen LogP contribution in [0.4, 0.5) is 4.39 Å². The Morgan fingerprint density at radius 3 is 2.87 bits per heavy atom. The van der Waals surface area contributed by atoms with Gasteiger partial charge in [-0.25, -0.2) is 4.39 Å². The number of carbonyl (C=O) groups excluding carboxylic acids is 1. The fourth-order valence-electron chi connectivity index (χ4n) is 1.85. The monoisotopic (exact) mass is 208 g/mol. The van der Waals surface area contributed by atoms with Gasteiger partial charge in [-0.2, -0.15) is 0 Å². The Kier molecular flexibility index (Phi) is 2.68. The van der Waals surface area contributed by atoms with Crippen molar-refractivity contribution >= 4 is 5.91 Å². The normalized spacial score (nSPS) is 26.1. The number of nitrogens with two attached hydrogens (primary N) is 1. The first-order valence-electron chi connectivity index (χ1n) is 4.98. The van der Waals surface area contributed by atoms with E-state index in [1.165, 1.54) is 6.07 Å². The van der Waals surface area contributed by atoms with Crippen LogP contribution in [0.15, 0.2) is 24.3 Å². The molecule has 0 saturated carbocycles. The van der Waals surface area contributed by atoms with Gasteiger partial charge in [0.15, 0.2) is 0 Å². The Morgan fingerprint density at radius 1 is 1.40 bits per heavy atom. The number of benzene rings is 1.